The van der Waals surface area contributed by atoms with Gasteiger partial charge in [0.15, 0.2) is 0 Å². The fourth-order valence-corrected chi connectivity index (χ4v) is 10.1. The van der Waals surface area contributed by atoms with Gasteiger partial charge in [0.1, 0.15) is 48.0 Å². The van der Waals surface area contributed by atoms with E-state index in [1.165, 1.54) is 29.2 Å². The van der Waals surface area contributed by atoms with Crippen molar-refractivity contribution in [3.05, 3.63) is 65.7 Å². The van der Waals surface area contributed by atoms with Crippen LogP contribution in [-0.4, -0.2) is 154 Å². The standard InChI is InChI=1S/C46H65N13O12S2/c47-17-5-4-9-29(40(65)52-22-38(51)63)54-45(70)35-10-6-18-59(35)46(71)34-24-73-72-23-28(48)39(64)55-31(20-26-11-13-27(60)14-12-26)43(68)56-32(19-25-7-2-1-3-8-25)42(67)53-30(15-16-36(49)61)41(66)57-33(21-37(50)62)44(69)58-34/h1-3,7-8,11-14,28-35,60H,4-6,9-10,15-24,47-48H2,(H2,49,61)(H2,50,62)(H2,51,63)(H,52,65)(H,53,67)(H,54,70)(H,55,64)(H,56,68)(H,57,66)(H,58,69)/t28-,29-,30?,31-,32-,33-,34-,35-/m0/s1. The Morgan fingerprint density at radius 3 is 1.89 bits per heavy atom. The SMILES string of the molecule is NCCCC[C@H](NC(=O)[C@@H]1CCCN1C(=O)[C@@H]1CSSC[C@H](N)C(=O)N[C@@H](Cc2ccc(O)cc2)C(=O)N[C@@H](Cc2ccccc2)C(=O)NC(CCC(N)=O)C(=O)N[C@@H](CC(N)=O)C(=O)N1)C(=O)NCC(N)=O. The van der Waals surface area contributed by atoms with Crippen molar-refractivity contribution in [2.75, 3.05) is 31.1 Å². The second kappa shape index (κ2) is 29.5. The summed E-state index contributed by atoms with van der Waals surface area (Å²) in [6.45, 7) is -0.147. The highest BCUT2D eigenvalue weighted by Gasteiger charge is 2.40. The number of carbonyl (C=O) groups is 11. The van der Waals surface area contributed by atoms with E-state index in [4.69, 9.17) is 28.7 Å². The molecule has 2 heterocycles. The van der Waals surface area contributed by atoms with E-state index in [0.717, 1.165) is 21.6 Å². The molecule has 25 nitrogen and oxygen atoms in total. The number of primary amides is 3. The van der Waals surface area contributed by atoms with Crippen molar-refractivity contribution in [3.8, 4) is 5.75 Å². The summed E-state index contributed by atoms with van der Waals surface area (Å²) in [6, 6.07) is 3.09. The van der Waals surface area contributed by atoms with Crippen molar-refractivity contribution in [2.45, 2.75) is 113 Å². The predicted molar refractivity (Wildman–Crippen MR) is 269 cm³/mol. The number of carbonyl (C=O) groups excluding carboxylic acids is 11. The van der Waals surface area contributed by atoms with Crippen molar-refractivity contribution in [1.29, 1.82) is 0 Å². The number of likely N-dealkylation sites (tertiary alicyclic amines) is 1. The van der Waals surface area contributed by atoms with Crippen LogP contribution in [0.3, 0.4) is 0 Å². The van der Waals surface area contributed by atoms with Crippen LogP contribution in [0.4, 0.5) is 0 Å². The van der Waals surface area contributed by atoms with Crippen molar-refractivity contribution >= 4 is 86.6 Å². The molecule has 1 unspecified atom stereocenters. The van der Waals surface area contributed by atoms with Gasteiger partial charge in [-0.1, -0.05) is 64.1 Å². The van der Waals surface area contributed by atoms with Gasteiger partial charge in [0.25, 0.3) is 0 Å². The van der Waals surface area contributed by atoms with Gasteiger partial charge in [-0.2, -0.15) is 0 Å². The minimum absolute atomic E-state index is 0.0324. The zero-order chi connectivity index (χ0) is 53.6. The van der Waals surface area contributed by atoms with Crippen LogP contribution in [0.15, 0.2) is 54.6 Å². The molecule has 2 aromatic carbocycles. The first-order chi connectivity index (χ1) is 34.8. The number of amides is 11. The normalized spacial score (nSPS) is 23.0. The fourth-order valence-electron chi connectivity index (χ4n) is 7.79. The summed E-state index contributed by atoms with van der Waals surface area (Å²) in [7, 11) is 2.02. The molecule has 11 amide bonds. The minimum Gasteiger partial charge on any atom is -0.508 e. The molecule has 2 aromatic rings. The van der Waals surface area contributed by atoms with Gasteiger partial charge in [-0.25, -0.2) is 0 Å². The third kappa shape index (κ3) is 19.5. The number of rotatable bonds is 19. The van der Waals surface area contributed by atoms with Crippen LogP contribution in [0.1, 0.15) is 62.5 Å². The van der Waals surface area contributed by atoms with Crippen molar-refractivity contribution < 1.29 is 57.8 Å². The number of phenolic OH excluding ortho intramolecular Hbond substituents is 1. The minimum atomic E-state index is -1.78. The van der Waals surface area contributed by atoms with Crippen molar-refractivity contribution in [3.63, 3.8) is 0 Å². The van der Waals surface area contributed by atoms with Crippen molar-refractivity contribution in [1.82, 2.24) is 42.1 Å². The molecule has 2 aliphatic heterocycles. The van der Waals surface area contributed by atoms with Gasteiger partial charge in [0.2, 0.25) is 65.0 Å². The second-order valence-corrected chi connectivity index (χ2v) is 20.0. The molecule has 18 N–H and O–H groups in total. The van der Waals surface area contributed by atoms with Gasteiger partial charge in [-0.3, -0.25) is 52.7 Å². The largest absolute Gasteiger partial charge is 0.508 e. The number of hydrogen-bond acceptors (Lipinski definition) is 16. The maximum atomic E-state index is 14.6. The lowest BCUT2D eigenvalue weighted by molar-refractivity contribution is -0.142. The Bertz CT molecular complexity index is 2300. The third-order valence-corrected chi connectivity index (χ3v) is 14.1. The molecule has 27 heteroatoms. The summed E-state index contributed by atoms with van der Waals surface area (Å²) in [5, 5.41) is 27.7. The molecule has 0 saturated carbocycles. The average Bonchev–Trinajstić information content (AvgIpc) is 3.85. The van der Waals surface area contributed by atoms with Gasteiger partial charge in [0, 0.05) is 37.3 Å². The Hall–Kier alpha value is -6.97. The molecule has 0 aliphatic carbocycles. The van der Waals surface area contributed by atoms with Crippen LogP contribution >= 0.6 is 21.6 Å². The summed E-state index contributed by atoms with van der Waals surface area (Å²) in [5.74, 6) is -10.0. The van der Waals surface area contributed by atoms with Crippen LogP contribution in [0.25, 0.3) is 0 Å². The number of nitrogens with two attached hydrogens (primary N) is 5. The zero-order valence-corrected chi connectivity index (χ0v) is 41.6. The van der Waals surface area contributed by atoms with Gasteiger partial charge >= 0.3 is 0 Å². The highest BCUT2D eigenvalue weighted by Crippen LogP contribution is 2.26. The number of phenols is 1. The van der Waals surface area contributed by atoms with Crippen molar-refractivity contribution in [2.24, 2.45) is 28.7 Å². The molecular formula is C46H65N13O12S2. The Labute approximate surface area is 428 Å². The number of nitrogens with zero attached hydrogens (tertiary/aromatic N) is 1. The van der Waals surface area contributed by atoms with E-state index in [1.54, 1.807) is 30.3 Å². The summed E-state index contributed by atoms with van der Waals surface area (Å²) in [4.78, 5) is 149. The van der Waals surface area contributed by atoms with Crippen LogP contribution in [0.2, 0.25) is 0 Å². The molecule has 0 aromatic heterocycles. The molecule has 0 radical (unpaired) electrons. The first kappa shape index (κ1) is 58.6. The number of hydrogen-bond donors (Lipinski definition) is 13. The fraction of sp³-hybridized carbons (Fsp3) is 0.500. The topological polar surface area (TPSA) is 426 Å². The average molecular weight is 1060 g/mol. The molecular weight excluding hydrogens is 991 g/mol. The molecule has 73 heavy (non-hydrogen) atoms. The van der Waals surface area contributed by atoms with E-state index in [0.29, 0.717) is 36.9 Å². The van der Waals surface area contributed by atoms with Crippen LogP contribution in [0, 0.1) is 0 Å². The van der Waals surface area contributed by atoms with Crippen LogP contribution in [-0.2, 0) is 65.6 Å². The first-order valence-corrected chi connectivity index (χ1v) is 26.0. The first-order valence-electron chi connectivity index (χ1n) is 23.5. The lowest BCUT2D eigenvalue weighted by atomic mass is 10.0. The van der Waals surface area contributed by atoms with E-state index < -0.39 is 139 Å². The Morgan fingerprint density at radius 1 is 0.699 bits per heavy atom. The summed E-state index contributed by atoms with van der Waals surface area (Å²) in [6.07, 6.45) is -0.386. The van der Waals surface area contributed by atoms with Gasteiger partial charge in [-0.15, -0.1) is 0 Å². The van der Waals surface area contributed by atoms with E-state index >= 15 is 0 Å². The second-order valence-electron chi connectivity index (χ2n) is 17.4. The van der Waals surface area contributed by atoms with Crippen LogP contribution in [0.5, 0.6) is 5.75 Å². The Kier molecular flexibility index (Phi) is 23.7. The third-order valence-electron chi connectivity index (χ3n) is 11.6. The lowest BCUT2D eigenvalue weighted by Gasteiger charge is -2.31. The predicted octanol–water partition coefficient (Wildman–Crippen LogP) is -4.33. The molecule has 2 saturated heterocycles. The number of benzene rings is 2. The van der Waals surface area contributed by atoms with E-state index in [-0.39, 0.29) is 49.5 Å². The molecule has 4 rings (SSSR count). The molecule has 0 spiro atoms. The van der Waals surface area contributed by atoms with Gasteiger partial charge < -0.3 is 75.9 Å². The molecule has 398 valence electrons. The molecule has 8 atom stereocenters. The van der Waals surface area contributed by atoms with Gasteiger partial charge in [-0.05, 0) is 68.3 Å². The smallest absolute Gasteiger partial charge is 0.246 e. The summed E-state index contributed by atoms with van der Waals surface area (Å²) < 4.78 is 0. The van der Waals surface area contributed by atoms with Gasteiger partial charge in [0.05, 0.1) is 19.0 Å². The van der Waals surface area contributed by atoms with E-state index in [1.807, 2.05) is 0 Å². The van der Waals surface area contributed by atoms with E-state index in [2.05, 4.69) is 37.2 Å². The molecule has 2 fully saturated rings. The maximum Gasteiger partial charge on any atom is 0.246 e. The molecule has 2 aliphatic rings. The number of nitrogens with one attached hydrogen (secondary N) is 7. The van der Waals surface area contributed by atoms with Crippen LogP contribution < -0.4 is 65.9 Å². The zero-order valence-electron chi connectivity index (χ0n) is 40.0. The Balaban J connectivity index is 1.71. The lowest BCUT2D eigenvalue weighted by Crippen LogP contribution is -2.61. The number of aromatic hydroxyl groups is 1. The molecule has 0 bridgehead atoms. The highest BCUT2D eigenvalue weighted by atomic mass is 33.1. The highest BCUT2D eigenvalue weighted by molar-refractivity contribution is 8.76. The van der Waals surface area contributed by atoms with E-state index in [9.17, 15) is 57.8 Å². The summed E-state index contributed by atoms with van der Waals surface area (Å²) >= 11 is 0. The Morgan fingerprint density at radius 2 is 1.27 bits per heavy atom. The maximum absolute atomic E-state index is 14.6. The quantitative estimate of drug-likeness (QED) is 0.0467. The summed E-state index contributed by atoms with van der Waals surface area (Å²) in [5.41, 5.74) is 29.2. The number of unbranched alkanes of at least 4 members (excludes halogenated alkanes) is 1. The monoisotopic (exact) mass is 1060 g/mol.